The van der Waals surface area contributed by atoms with Crippen molar-refractivity contribution < 1.29 is 4.79 Å². The molecule has 1 rings (SSSR count). The third-order valence-electron chi connectivity index (χ3n) is 3.48. The lowest BCUT2D eigenvalue weighted by molar-refractivity contribution is 0.0957. The highest BCUT2D eigenvalue weighted by molar-refractivity contribution is 14.0. The molecule has 24 heavy (non-hydrogen) atoms. The third kappa shape index (κ3) is 11.7. The Morgan fingerprint density at radius 2 is 1.83 bits per heavy atom. The monoisotopic (exact) mass is 466 g/mol. The molecule has 7 heteroatoms. The normalized spacial score (nSPS) is 11.0. The predicted molar refractivity (Wildman–Crippen MR) is 115 cm³/mol. The number of rotatable bonds is 12. The smallest absolute Gasteiger partial charge is 0.261 e. The molecule has 0 aliphatic heterocycles. The maximum atomic E-state index is 11.7. The molecule has 0 radical (unpaired) electrons. The molecule has 0 aliphatic carbocycles. The number of thiophene rings is 1. The summed E-state index contributed by atoms with van der Waals surface area (Å²) in [6.07, 6.45) is 8.42. The van der Waals surface area contributed by atoms with E-state index in [0.29, 0.717) is 19.0 Å². The van der Waals surface area contributed by atoms with Gasteiger partial charge in [0.05, 0.1) is 4.88 Å². The molecule has 0 aliphatic rings. The SMILES string of the molecule is CCCCCCCCNC(N)=NCCCNC(=O)c1cccs1.I. The quantitative estimate of drug-likeness (QED) is 0.190. The van der Waals surface area contributed by atoms with Crippen molar-refractivity contribution in [3.63, 3.8) is 0 Å². The maximum Gasteiger partial charge on any atom is 0.261 e. The molecule has 0 spiro atoms. The van der Waals surface area contributed by atoms with E-state index in [9.17, 15) is 4.79 Å². The van der Waals surface area contributed by atoms with Crippen molar-refractivity contribution in [3.05, 3.63) is 22.4 Å². The van der Waals surface area contributed by atoms with Crippen molar-refractivity contribution in [2.45, 2.75) is 51.9 Å². The van der Waals surface area contributed by atoms with Gasteiger partial charge in [-0.2, -0.15) is 0 Å². The van der Waals surface area contributed by atoms with Crippen LogP contribution in [0.4, 0.5) is 0 Å². The Morgan fingerprint density at radius 3 is 2.54 bits per heavy atom. The lowest BCUT2D eigenvalue weighted by Gasteiger charge is -2.06. The van der Waals surface area contributed by atoms with Crippen LogP contribution in [0.1, 0.15) is 61.5 Å². The highest BCUT2D eigenvalue weighted by atomic mass is 127. The standard InChI is InChI=1S/C17H30N4OS.HI/c1-2-3-4-5-6-7-11-20-17(18)21-13-9-12-19-16(22)15-10-8-14-23-15;/h8,10,14H,2-7,9,11-13H2,1H3,(H,19,22)(H3,18,20,21);1H. The first-order valence-corrected chi connectivity index (χ1v) is 9.47. The topological polar surface area (TPSA) is 79.5 Å². The Bertz CT molecular complexity index is 451. The Balaban J connectivity index is 0.00000529. The molecule has 0 aromatic carbocycles. The Hall–Kier alpha value is -0.830. The molecule has 5 nitrogen and oxygen atoms in total. The second-order valence-electron chi connectivity index (χ2n) is 5.55. The first kappa shape index (κ1) is 23.2. The minimum Gasteiger partial charge on any atom is -0.370 e. The highest BCUT2D eigenvalue weighted by Crippen LogP contribution is 2.07. The van der Waals surface area contributed by atoms with Gasteiger partial charge in [0.15, 0.2) is 5.96 Å². The summed E-state index contributed by atoms with van der Waals surface area (Å²) < 4.78 is 0. The molecular weight excluding hydrogens is 435 g/mol. The van der Waals surface area contributed by atoms with Gasteiger partial charge in [-0.15, -0.1) is 35.3 Å². The van der Waals surface area contributed by atoms with Crippen LogP contribution in [0.3, 0.4) is 0 Å². The van der Waals surface area contributed by atoms with Crippen molar-refractivity contribution in [2.24, 2.45) is 10.7 Å². The van der Waals surface area contributed by atoms with Crippen LogP contribution in [0.5, 0.6) is 0 Å². The van der Waals surface area contributed by atoms with Crippen molar-refractivity contribution in [3.8, 4) is 0 Å². The Labute approximate surface area is 166 Å². The zero-order valence-electron chi connectivity index (χ0n) is 14.6. The van der Waals surface area contributed by atoms with Crippen molar-refractivity contribution in [2.75, 3.05) is 19.6 Å². The average molecular weight is 466 g/mol. The first-order valence-electron chi connectivity index (χ1n) is 8.59. The van der Waals surface area contributed by atoms with Crippen LogP contribution in [-0.4, -0.2) is 31.5 Å². The highest BCUT2D eigenvalue weighted by Gasteiger charge is 2.04. The molecule has 1 aromatic heterocycles. The number of amides is 1. The molecule has 1 amide bonds. The Morgan fingerprint density at radius 1 is 1.12 bits per heavy atom. The summed E-state index contributed by atoms with van der Waals surface area (Å²) in [6, 6.07) is 3.70. The van der Waals surface area contributed by atoms with Crippen LogP contribution in [0.25, 0.3) is 0 Å². The van der Waals surface area contributed by atoms with Crippen molar-refractivity contribution in [1.82, 2.24) is 10.6 Å². The van der Waals surface area contributed by atoms with Gasteiger partial charge in [0.25, 0.3) is 5.91 Å². The lowest BCUT2D eigenvalue weighted by atomic mass is 10.1. The van der Waals surface area contributed by atoms with Crippen LogP contribution in [0.15, 0.2) is 22.5 Å². The van der Waals surface area contributed by atoms with E-state index in [2.05, 4.69) is 22.5 Å². The lowest BCUT2D eigenvalue weighted by Crippen LogP contribution is -2.32. The zero-order valence-corrected chi connectivity index (χ0v) is 17.7. The molecule has 0 unspecified atom stereocenters. The van der Waals surface area contributed by atoms with E-state index in [1.165, 1.54) is 43.4 Å². The molecule has 1 heterocycles. The number of nitrogens with two attached hydrogens (primary N) is 1. The molecule has 4 N–H and O–H groups in total. The van der Waals surface area contributed by atoms with Crippen LogP contribution in [-0.2, 0) is 0 Å². The fourth-order valence-corrected chi connectivity index (χ4v) is 2.79. The number of nitrogens with zero attached hydrogens (tertiary/aromatic N) is 1. The second kappa shape index (κ2) is 15.7. The van der Waals surface area contributed by atoms with Crippen molar-refractivity contribution >= 4 is 47.2 Å². The fraction of sp³-hybridized carbons (Fsp3) is 0.647. The largest absolute Gasteiger partial charge is 0.370 e. The summed E-state index contributed by atoms with van der Waals surface area (Å²) in [5, 5.41) is 7.91. The summed E-state index contributed by atoms with van der Waals surface area (Å²) in [5.41, 5.74) is 5.81. The van der Waals surface area contributed by atoms with Gasteiger partial charge in [-0.25, -0.2) is 0 Å². The van der Waals surface area contributed by atoms with Crippen LogP contribution in [0, 0.1) is 0 Å². The number of hydrogen-bond donors (Lipinski definition) is 3. The summed E-state index contributed by atoms with van der Waals surface area (Å²) in [5.74, 6) is 0.487. The second-order valence-corrected chi connectivity index (χ2v) is 6.50. The molecule has 0 saturated carbocycles. The average Bonchev–Trinajstić information content (AvgIpc) is 3.08. The Kier molecular flexibility index (Phi) is 15.1. The first-order chi connectivity index (χ1) is 11.2. The van der Waals surface area contributed by atoms with Crippen LogP contribution < -0.4 is 16.4 Å². The number of carbonyl (C=O) groups excluding carboxylic acids is 1. The molecule has 0 atom stereocenters. The van der Waals surface area contributed by atoms with Gasteiger partial charge in [-0.1, -0.05) is 45.1 Å². The molecule has 0 bridgehead atoms. The molecular formula is C17H31IN4OS. The molecule has 0 saturated heterocycles. The molecule has 1 aromatic rings. The van der Waals surface area contributed by atoms with E-state index in [-0.39, 0.29) is 29.9 Å². The summed E-state index contributed by atoms with van der Waals surface area (Å²) in [4.78, 5) is 16.7. The van der Waals surface area contributed by atoms with Gasteiger partial charge in [0, 0.05) is 19.6 Å². The molecule has 0 fully saturated rings. The number of guanidine groups is 1. The number of hydrogen-bond acceptors (Lipinski definition) is 3. The molecule has 138 valence electrons. The number of halogens is 1. The van der Waals surface area contributed by atoms with Gasteiger partial charge < -0.3 is 16.4 Å². The van der Waals surface area contributed by atoms with Gasteiger partial charge in [-0.3, -0.25) is 9.79 Å². The van der Waals surface area contributed by atoms with E-state index in [1.54, 1.807) is 0 Å². The fourth-order valence-electron chi connectivity index (χ4n) is 2.15. The van der Waals surface area contributed by atoms with Gasteiger partial charge in [0.1, 0.15) is 0 Å². The summed E-state index contributed by atoms with van der Waals surface area (Å²) in [6.45, 7) is 4.36. The third-order valence-corrected chi connectivity index (χ3v) is 4.35. The van der Waals surface area contributed by atoms with Gasteiger partial charge in [0.2, 0.25) is 0 Å². The van der Waals surface area contributed by atoms with E-state index in [1.807, 2.05) is 17.5 Å². The zero-order chi connectivity index (χ0) is 16.8. The van der Waals surface area contributed by atoms with E-state index in [0.717, 1.165) is 24.3 Å². The van der Waals surface area contributed by atoms with Crippen molar-refractivity contribution in [1.29, 1.82) is 0 Å². The number of nitrogens with one attached hydrogen (secondary N) is 2. The summed E-state index contributed by atoms with van der Waals surface area (Å²) in [7, 11) is 0. The van der Waals surface area contributed by atoms with E-state index < -0.39 is 0 Å². The minimum absolute atomic E-state index is 0. The van der Waals surface area contributed by atoms with Crippen LogP contribution in [0.2, 0.25) is 0 Å². The maximum absolute atomic E-state index is 11.7. The number of aliphatic imine (C=N–C) groups is 1. The van der Waals surface area contributed by atoms with Gasteiger partial charge in [-0.05, 0) is 24.3 Å². The van der Waals surface area contributed by atoms with Crippen LogP contribution >= 0.6 is 35.3 Å². The van der Waals surface area contributed by atoms with E-state index in [4.69, 9.17) is 5.73 Å². The summed E-state index contributed by atoms with van der Waals surface area (Å²) >= 11 is 1.45. The van der Waals surface area contributed by atoms with Gasteiger partial charge >= 0.3 is 0 Å². The number of unbranched alkanes of at least 4 members (excludes halogenated alkanes) is 5. The van der Waals surface area contributed by atoms with E-state index >= 15 is 0 Å². The predicted octanol–water partition coefficient (Wildman–Crippen LogP) is 3.75. The minimum atomic E-state index is -0.0156. The number of carbonyl (C=O) groups is 1.